The van der Waals surface area contributed by atoms with E-state index in [4.69, 9.17) is 9.47 Å². The second-order valence-corrected chi connectivity index (χ2v) is 5.43. The second kappa shape index (κ2) is 8.35. The van der Waals surface area contributed by atoms with Crippen LogP contribution in [0.4, 0.5) is 0 Å². The highest BCUT2D eigenvalue weighted by atomic mass is 16.5. The molecule has 0 aliphatic heterocycles. The molecule has 0 aliphatic rings. The van der Waals surface area contributed by atoms with E-state index in [1.807, 2.05) is 36.4 Å². The summed E-state index contributed by atoms with van der Waals surface area (Å²) >= 11 is 0. The van der Waals surface area contributed by atoms with Crippen LogP contribution < -0.4 is 9.47 Å². The van der Waals surface area contributed by atoms with Crippen LogP contribution in [0.25, 0.3) is 0 Å². The zero-order valence-electron chi connectivity index (χ0n) is 12.9. The van der Waals surface area contributed by atoms with Crippen LogP contribution in [0.3, 0.4) is 0 Å². The summed E-state index contributed by atoms with van der Waals surface area (Å²) in [6.45, 7) is 5.83. The van der Waals surface area contributed by atoms with Crippen molar-refractivity contribution >= 4 is 0 Å². The Bertz CT molecular complexity index is 522. The van der Waals surface area contributed by atoms with E-state index in [0.29, 0.717) is 5.92 Å². The van der Waals surface area contributed by atoms with Crippen molar-refractivity contribution in [2.24, 2.45) is 5.92 Å². The molecule has 0 aliphatic carbocycles. The molecule has 1 atom stereocenters. The van der Waals surface area contributed by atoms with Crippen LogP contribution in [-0.4, -0.2) is 13.2 Å². The first-order valence-corrected chi connectivity index (χ1v) is 7.67. The van der Waals surface area contributed by atoms with Crippen molar-refractivity contribution in [3.63, 3.8) is 0 Å². The number of hydrogen-bond acceptors (Lipinski definition) is 2. The molecule has 0 N–H and O–H groups in total. The summed E-state index contributed by atoms with van der Waals surface area (Å²) in [5.41, 5.74) is 1.30. The molecule has 0 fully saturated rings. The van der Waals surface area contributed by atoms with Crippen LogP contribution in [0.5, 0.6) is 11.5 Å². The highest BCUT2D eigenvalue weighted by Crippen LogP contribution is 2.18. The van der Waals surface area contributed by atoms with Crippen molar-refractivity contribution in [2.75, 3.05) is 13.2 Å². The molecule has 0 radical (unpaired) electrons. The lowest BCUT2D eigenvalue weighted by Crippen LogP contribution is -2.11. The van der Waals surface area contributed by atoms with E-state index in [1.165, 1.54) is 5.56 Å². The van der Waals surface area contributed by atoms with E-state index in [0.717, 1.165) is 37.6 Å². The molecule has 0 aromatic heterocycles. The van der Waals surface area contributed by atoms with E-state index >= 15 is 0 Å². The van der Waals surface area contributed by atoms with Gasteiger partial charge in [-0.1, -0.05) is 44.2 Å². The fraction of sp³-hybridized carbons (Fsp3) is 0.368. The minimum Gasteiger partial charge on any atom is -0.494 e. The molecular formula is C19H24O2. The van der Waals surface area contributed by atoms with Gasteiger partial charge in [0.1, 0.15) is 11.5 Å². The predicted molar refractivity (Wildman–Crippen MR) is 87.0 cm³/mol. The van der Waals surface area contributed by atoms with Crippen LogP contribution in [0.2, 0.25) is 0 Å². The highest BCUT2D eigenvalue weighted by Gasteiger charge is 2.06. The van der Waals surface area contributed by atoms with Crippen LogP contribution in [0.1, 0.15) is 25.8 Å². The van der Waals surface area contributed by atoms with Crippen LogP contribution >= 0.6 is 0 Å². The average molecular weight is 284 g/mol. The first kappa shape index (κ1) is 15.4. The maximum absolute atomic E-state index is 5.80. The highest BCUT2D eigenvalue weighted by molar-refractivity contribution is 5.29. The molecule has 1 unspecified atom stereocenters. The maximum Gasteiger partial charge on any atom is 0.119 e. The van der Waals surface area contributed by atoms with Crippen molar-refractivity contribution < 1.29 is 9.47 Å². The van der Waals surface area contributed by atoms with Gasteiger partial charge in [0.05, 0.1) is 13.2 Å². The lowest BCUT2D eigenvalue weighted by atomic mass is 10.0. The smallest absolute Gasteiger partial charge is 0.119 e. The molecule has 2 nitrogen and oxygen atoms in total. The standard InChI is InChI=1S/C19H24O2/c1-3-12-20-19-11-7-8-17(14-19)13-16(2)15-21-18-9-5-4-6-10-18/h4-11,14,16H,3,12-13,15H2,1-2H3. The first-order valence-electron chi connectivity index (χ1n) is 7.67. The fourth-order valence-corrected chi connectivity index (χ4v) is 2.20. The Kier molecular flexibility index (Phi) is 6.14. The molecule has 0 saturated carbocycles. The summed E-state index contributed by atoms with van der Waals surface area (Å²) in [7, 11) is 0. The van der Waals surface area contributed by atoms with E-state index < -0.39 is 0 Å². The predicted octanol–water partition coefficient (Wildman–Crippen LogP) is 4.73. The summed E-state index contributed by atoms with van der Waals surface area (Å²) < 4.78 is 11.5. The SMILES string of the molecule is CCCOc1cccc(CC(C)COc2ccccc2)c1. The number of para-hydroxylation sites is 1. The molecule has 2 aromatic rings. The van der Waals surface area contributed by atoms with Crippen molar-refractivity contribution in [3.05, 3.63) is 60.2 Å². The molecule has 2 heteroatoms. The Morgan fingerprint density at radius 1 is 0.905 bits per heavy atom. The molecular weight excluding hydrogens is 260 g/mol. The third-order valence-electron chi connectivity index (χ3n) is 3.23. The third kappa shape index (κ3) is 5.50. The Hall–Kier alpha value is -1.96. The van der Waals surface area contributed by atoms with E-state index in [-0.39, 0.29) is 0 Å². The van der Waals surface area contributed by atoms with Gasteiger partial charge < -0.3 is 9.47 Å². The third-order valence-corrected chi connectivity index (χ3v) is 3.23. The van der Waals surface area contributed by atoms with Gasteiger partial charge in [-0.05, 0) is 48.6 Å². The summed E-state index contributed by atoms with van der Waals surface area (Å²) in [4.78, 5) is 0. The monoisotopic (exact) mass is 284 g/mol. The number of benzene rings is 2. The Morgan fingerprint density at radius 3 is 2.43 bits per heavy atom. The quantitative estimate of drug-likeness (QED) is 0.697. The maximum atomic E-state index is 5.80. The molecule has 0 amide bonds. The normalized spacial score (nSPS) is 11.9. The lowest BCUT2D eigenvalue weighted by molar-refractivity contribution is 0.259. The zero-order valence-corrected chi connectivity index (χ0v) is 12.9. The summed E-state index contributed by atoms with van der Waals surface area (Å²) in [5, 5.41) is 0. The molecule has 0 heterocycles. The fourth-order valence-electron chi connectivity index (χ4n) is 2.20. The van der Waals surface area contributed by atoms with Gasteiger partial charge in [-0.25, -0.2) is 0 Å². The largest absolute Gasteiger partial charge is 0.494 e. The average Bonchev–Trinajstić information content (AvgIpc) is 2.52. The van der Waals surface area contributed by atoms with Gasteiger partial charge in [-0.15, -0.1) is 0 Å². The first-order chi connectivity index (χ1) is 10.3. The van der Waals surface area contributed by atoms with Gasteiger partial charge in [-0.2, -0.15) is 0 Å². The molecule has 0 saturated heterocycles. The lowest BCUT2D eigenvalue weighted by Gasteiger charge is -2.14. The van der Waals surface area contributed by atoms with Crippen molar-refractivity contribution in [3.8, 4) is 11.5 Å². The van der Waals surface area contributed by atoms with Crippen LogP contribution in [-0.2, 0) is 6.42 Å². The van der Waals surface area contributed by atoms with Crippen LogP contribution in [0.15, 0.2) is 54.6 Å². The zero-order chi connectivity index (χ0) is 14.9. The molecule has 2 rings (SSSR count). The van der Waals surface area contributed by atoms with Gasteiger partial charge in [0.2, 0.25) is 0 Å². The van der Waals surface area contributed by atoms with Crippen molar-refractivity contribution in [2.45, 2.75) is 26.7 Å². The summed E-state index contributed by atoms with van der Waals surface area (Å²) in [5.74, 6) is 2.36. The van der Waals surface area contributed by atoms with Gasteiger partial charge >= 0.3 is 0 Å². The van der Waals surface area contributed by atoms with Crippen molar-refractivity contribution in [1.82, 2.24) is 0 Å². The Balaban J connectivity index is 1.83. The molecule has 2 aromatic carbocycles. The Labute approximate surface area is 127 Å². The minimum atomic E-state index is 0.464. The van der Waals surface area contributed by atoms with Gasteiger partial charge in [0.25, 0.3) is 0 Å². The number of hydrogen-bond donors (Lipinski definition) is 0. The van der Waals surface area contributed by atoms with Gasteiger partial charge in [0, 0.05) is 0 Å². The molecule has 112 valence electrons. The van der Waals surface area contributed by atoms with E-state index in [1.54, 1.807) is 0 Å². The molecule has 21 heavy (non-hydrogen) atoms. The van der Waals surface area contributed by atoms with Crippen LogP contribution in [0, 0.1) is 5.92 Å². The molecule has 0 bridgehead atoms. The summed E-state index contributed by atoms with van der Waals surface area (Å²) in [6, 6.07) is 18.3. The van der Waals surface area contributed by atoms with E-state index in [9.17, 15) is 0 Å². The summed E-state index contributed by atoms with van der Waals surface area (Å²) in [6.07, 6.45) is 2.03. The topological polar surface area (TPSA) is 18.5 Å². The number of ether oxygens (including phenoxy) is 2. The van der Waals surface area contributed by atoms with E-state index in [2.05, 4.69) is 32.0 Å². The molecule has 0 spiro atoms. The van der Waals surface area contributed by atoms with Gasteiger partial charge in [-0.3, -0.25) is 0 Å². The second-order valence-electron chi connectivity index (χ2n) is 5.43. The number of rotatable bonds is 8. The van der Waals surface area contributed by atoms with Gasteiger partial charge in [0.15, 0.2) is 0 Å². The van der Waals surface area contributed by atoms with Crippen molar-refractivity contribution in [1.29, 1.82) is 0 Å². The minimum absolute atomic E-state index is 0.464. The Morgan fingerprint density at radius 2 is 1.67 bits per heavy atom.